The lowest BCUT2D eigenvalue weighted by molar-refractivity contribution is -0.113. The lowest BCUT2D eigenvalue weighted by Crippen LogP contribution is -2.44. The second-order valence-corrected chi connectivity index (χ2v) is 6.51. The number of nitrogens with zero attached hydrogens (tertiary/aromatic N) is 1. The van der Waals surface area contributed by atoms with E-state index in [1.165, 1.54) is 4.90 Å². The van der Waals surface area contributed by atoms with E-state index in [1.54, 1.807) is 37.4 Å². The summed E-state index contributed by atoms with van der Waals surface area (Å²) in [7, 11) is 1.61. The Morgan fingerprint density at radius 3 is 2.37 bits per heavy atom. The third-order valence-electron chi connectivity index (χ3n) is 4.71. The number of aryl methyl sites for hydroxylation is 1. The van der Waals surface area contributed by atoms with Gasteiger partial charge in [0.2, 0.25) is 5.78 Å². The van der Waals surface area contributed by atoms with Crippen LogP contribution in [0.5, 0.6) is 0 Å². The summed E-state index contributed by atoms with van der Waals surface area (Å²) < 4.78 is 0. The van der Waals surface area contributed by atoms with Gasteiger partial charge in [-0.1, -0.05) is 42.0 Å². The highest BCUT2D eigenvalue weighted by Crippen LogP contribution is 2.28. The molecule has 2 aromatic carbocycles. The Morgan fingerprint density at radius 2 is 1.63 bits per heavy atom. The van der Waals surface area contributed by atoms with Crippen molar-refractivity contribution in [2.45, 2.75) is 6.92 Å². The number of ketones is 1. The van der Waals surface area contributed by atoms with E-state index < -0.39 is 11.7 Å². The van der Waals surface area contributed by atoms with E-state index in [-0.39, 0.29) is 21.7 Å². The molecule has 0 atom stereocenters. The molecule has 2 N–H and O–H groups in total. The summed E-state index contributed by atoms with van der Waals surface area (Å²) in [6.07, 6.45) is 1.66. The predicted octanol–water partition coefficient (Wildman–Crippen LogP) is 0.850. The number of carbonyl (C=O) groups is 2. The normalized spacial score (nSPS) is 16.7. The summed E-state index contributed by atoms with van der Waals surface area (Å²) in [6.45, 7) is 1.97. The largest absolute Gasteiger partial charge is 0.310 e. The molecule has 0 radical (unpaired) electrons. The number of anilines is 1. The van der Waals surface area contributed by atoms with Gasteiger partial charge in [0, 0.05) is 12.6 Å². The molecule has 3 aromatic rings. The van der Waals surface area contributed by atoms with Crippen LogP contribution in [-0.4, -0.2) is 28.9 Å². The average Bonchev–Trinajstić information content (AvgIpc) is 3.02. The number of rotatable bonds is 1. The van der Waals surface area contributed by atoms with E-state index in [2.05, 4.69) is 10.2 Å². The van der Waals surface area contributed by atoms with Crippen molar-refractivity contribution in [3.8, 4) is 0 Å². The minimum atomic E-state index is -0.451. The van der Waals surface area contributed by atoms with Gasteiger partial charge in [0.1, 0.15) is 5.57 Å². The number of H-pyrrole nitrogens is 2. The molecule has 0 spiro atoms. The Balaban J connectivity index is 2.03. The summed E-state index contributed by atoms with van der Waals surface area (Å²) in [4.78, 5) is 39.6. The minimum Gasteiger partial charge on any atom is -0.310 e. The molecule has 27 heavy (non-hydrogen) atoms. The van der Waals surface area contributed by atoms with Crippen LogP contribution in [-0.2, 0) is 4.79 Å². The summed E-state index contributed by atoms with van der Waals surface area (Å²) >= 11 is 0. The molecule has 0 fully saturated rings. The second kappa shape index (κ2) is 6.25. The van der Waals surface area contributed by atoms with Crippen molar-refractivity contribution in [3.63, 3.8) is 0 Å². The van der Waals surface area contributed by atoms with Gasteiger partial charge in [-0.25, -0.2) is 0 Å². The zero-order chi connectivity index (χ0) is 19.1. The molecule has 1 amide bonds. The highest BCUT2D eigenvalue weighted by molar-refractivity contribution is 6.51. The minimum absolute atomic E-state index is 0.0482. The molecule has 0 unspecified atom stereocenters. The monoisotopic (exact) mass is 359 g/mol. The predicted molar refractivity (Wildman–Crippen MR) is 103 cm³/mol. The van der Waals surface area contributed by atoms with Crippen LogP contribution in [0.3, 0.4) is 0 Å². The number of amides is 1. The maximum Gasteiger partial charge on any atom is 0.271 e. The van der Waals surface area contributed by atoms with Crippen molar-refractivity contribution in [2.24, 2.45) is 0 Å². The zero-order valence-corrected chi connectivity index (χ0v) is 14.9. The van der Waals surface area contributed by atoms with E-state index in [4.69, 9.17) is 0 Å². The van der Waals surface area contributed by atoms with Gasteiger partial charge in [-0.05, 0) is 30.7 Å². The number of aromatic amines is 2. The Kier molecular flexibility index (Phi) is 3.88. The molecule has 1 aliphatic heterocycles. The quantitative estimate of drug-likeness (QED) is 0.675. The van der Waals surface area contributed by atoms with Crippen LogP contribution in [0.4, 0.5) is 5.69 Å². The number of para-hydroxylation sites is 1. The smallest absolute Gasteiger partial charge is 0.271 e. The fraction of sp³-hybridized carbons (Fsp3) is 0.0952. The molecule has 0 bridgehead atoms. The van der Waals surface area contributed by atoms with Crippen LogP contribution in [0, 0.1) is 6.92 Å². The Labute approximate surface area is 154 Å². The first kappa shape index (κ1) is 16.8. The molecule has 2 heterocycles. The maximum absolute atomic E-state index is 13.0. The van der Waals surface area contributed by atoms with Gasteiger partial charge < -0.3 is 4.90 Å². The molecule has 1 aromatic heterocycles. The highest BCUT2D eigenvalue weighted by atomic mass is 16.2. The molecule has 4 rings (SSSR count). The van der Waals surface area contributed by atoms with Gasteiger partial charge in [0.25, 0.3) is 11.5 Å². The van der Waals surface area contributed by atoms with E-state index in [9.17, 15) is 14.4 Å². The molecular weight excluding hydrogens is 342 g/mol. The number of Topliss-reactive ketones (excluding diaryl/α,β-unsaturated/α-hetero) is 1. The number of hydrogen-bond donors (Lipinski definition) is 2. The molecule has 0 saturated heterocycles. The van der Waals surface area contributed by atoms with Crippen LogP contribution >= 0.6 is 0 Å². The molecule has 0 saturated carbocycles. The summed E-state index contributed by atoms with van der Waals surface area (Å²) in [5.74, 6) is -0.852. The lowest BCUT2D eigenvalue weighted by Gasteiger charge is -2.25. The Hall–Kier alpha value is -3.67. The SMILES string of the molecule is Cc1ccc(/C=c2\c(=O)[nH][nH]\c2=C2\C(=O)c3ccccc3N(C)C2=O)cc1. The fourth-order valence-electron chi connectivity index (χ4n) is 3.22. The number of aromatic nitrogens is 2. The lowest BCUT2D eigenvalue weighted by atomic mass is 9.95. The van der Waals surface area contributed by atoms with Crippen molar-refractivity contribution in [3.05, 3.63) is 86.1 Å². The van der Waals surface area contributed by atoms with Crippen LogP contribution in [0.2, 0.25) is 0 Å². The van der Waals surface area contributed by atoms with Crippen molar-refractivity contribution in [1.82, 2.24) is 10.2 Å². The van der Waals surface area contributed by atoms with E-state index in [0.29, 0.717) is 11.3 Å². The first-order valence-corrected chi connectivity index (χ1v) is 8.48. The first-order valence-electron chi connectivity index (χ1n) is 8.48. The summed E-state index contributed by atoms with van der Waals surface area (Å²) in [5, 5.41) is 5.66. The third-order valence-corrected chi connectivity index (χ3v) is 4.71. The van der Waals surface area contributed by atoms with Crippen LogP contribution in [0.1, 0.15) is 21.5 Å². The zero-order valence-electron chi connectivity index (χ0n) is 14.9. The number of nitrogens with one attached hydrogen (secondary N) is 2. The van der Waals surface area contributed by atoms with E-state index in [1.807, 2.05) is 31.2 Å². The summed E-state index contributed by atoms with van der Waals surface area (Å²) in [6, 6.07) is 14.5. The van der Waals surface area contributed by atoms with Crippen LogP contribution < -0.4 is 21.0 Å². The molecule has 0 aliphatic carbocycles. The standard InChI is InChI=1S/C21H17N3O3/c1-12-7-9-13(10-8-12)11-15-18(22-23-20(15)26)17-19(25)14-5-3-4-6-16(14)24(2)21(17)27/h3-11,22H,1-2H3,(H,23,26)/b15-11-,18-17-. The van der Waals surface area contributed by atoms with Crippen LogP contribution in [0.25, 0.3) is 11.6 Å². The van der Waals surface area contributed by atoms with Gasteiger partial charge in [0.15, 0.2) is 0 Å². The number of carbonyl (C=O) groups excluding carboxylic acids is 2. The topological polar surface area (TPSA) is 86.0 Å². The van der Waals surface area contributed by atoms with Gasteiger partial charge in [0.05, 0.1) is 16.3 Å². The fourth-order valence-corrected chi connectivity index (χ4v) is 3.22. The average molecular weight is 359 g/mol. The van der Waals surface area contributed by atoms with Crippen molar-refractivity contribution < 1.29 is 9.59 Å². The number of benzene rings is 2. The van der Waals surface area contributed by atoms with Gasteiger partial charge >= 0.3 is 0 Å². The molecule has 1 aliphatic rings. The highest BCUT2D eigenvalue weighted by Gasteiger charge is 2.33. The van der Waals surface area contributed by atoms with Gasteiger partial charge in [-0.15, -0.1) is 0 Å². The summed E-state index contributed by atoms with van der Waals surface area (Å²) in [5.41, 5.74) is 2.45. The molecular formula is C21H17N3O3. The molecule has 6 nitrogen and oxygen atoms in total. The van der Waals surface area contributed by atoms with Crippen molar-refractivity contribution in [2.75, 3.05) is 11.9 Å². The van der Waals surface area contributed by atoms with Crippen molar-refractivity contribution >= 4 is 29.0 Å². The second-order valence-electron chi connectivity index (χ2n) is 6.51. The Bertz CT molecular complexity index is 1250. The third kappa shape index (κ3) is 2.71. The van der Waals surface area contributed by atoms with Gasteiger partial charge in [-0.2, -0.15) is 0 Å². The number of hydrogen-bond acceptors (Lipinski definition) is 3. The van der Waals surface area contributed by atoms with Crippen LogP contribution in [0.15, 0.2) is 53.3 Å². The molecule has 134 valence electrons. The maximum atomic E-state index is 13.0. The number of fused-ring (bicyclic) bond motifs is 1. The van der Waals surface area contributed by atoms with Gasteiger partial charge in [-0.3, -0.25) is 24.6 Å². The first-order chi connectivity index (χ1) is 13.0. The van der Waals surface area contributed by atoms with E-state index in [0.717, 1.165) is 11.1 Å². The molecule has 6 heteroatoms. The van der Waals surface area contributed by atoms with E-state index >= 15 is 0 Å². The van der Waals surface area contributed by atoms with Crippen molar-refractivity contribution in [1.29, 1.82) is 0 Å². The Morgan fingerprint density at radius 1 is 0.926 bits per heavy atom.